The van der Waals surface area contributed by atoms with Gasteiger partial charge in [0.2, 0.25) is 0 Å². The summed E-state index contributed by atoms with van der Waals surface area (Å²) in [6, 6.07) is 0. The van der Waals surface area contributed by atoms with E-state index < -0.39 is 0 Å². The third-order valence-electron chi connectivity index (χ3n) is 5.62. The van der Waals surface area contributed by atoms with Crippen molar-refractivity contribution in [3.8, 4) is 5.95 Å². The van der Waals surface area contributed by atoms with Crippen molar-refractivity contribution in [3.05, 3.63) is 23.4 Å². The van der Waals surface area contributed by atoms with E-state index in [2.05, 4.69) is 17.6 Å². The molecule has 3 heterocycles. The lowest BCUT2D eigenvalue weighted by molar-refractivity contribution is -0.912. The first-order valence-electron chi connectivity index (χ1n) is 8.88. The van der Waals surface area contributed by atoms with Crippen molar-refractivity contribution in [3.63, 3.8) is 0 Å². The molecule has 3 rings (SSSR count). The number of ether oxygens (including phenoxy) is 1. The minimum Gasteiger partial charge on any atom is -0.476 e. The van der Waals surface area contributed by atoms with Gasteiger partial charge >= 0.3 is 11.8 Å². The maximum absolute atomic E-state index is 10.1. The molecule has 128 valence electrons. The Bertz CT molecular complexity index is 593. The first-order chi connectivity index (χ1) is 11.1. The Kier molecular flexibility index (Phi) is 4.78. The highest BCUT2D eigenvalue weighted by Gasteiger charge is 2.47. The summed E-state index contributed by atoms with van der Waals surface area (Å²) in [4.78, 5) is 0. The number of hydrogen-bond acceptors (Lipinski definition) is 3. The van der Waals surface area contributed by atoms with Gasteiger partial charge in [-0.1, -0.05) is 6.92 Å². The number of nitrogens with zero attached hydrogens (tertiary/aromatic N) is 2. The molecule has 2 unspecified atom stereocenters. The molecular weight excluding hydrogens is 292 g/mol. The first-order valence-corrected chi connectivity index (χ1v) is 8.88. The highest BCUT2D eigenvalue weighted by molar-refractivity contribution is 5.09. The minimum atomic E-state index is 0.0735. The molecule has 1 fully saturated rings. The first kappa shape index (κ1) is 16.5. The van der Waals surface area contributed by atoms with Gasteiger partial charge in [-0.15, -0.1) is 0 Å². The third-order valence-corrected chi connectivity index (χ3v) is 5.62. The van der Waals surface area contributed by atoms with Gasteiger partial charge in [-0.25, -0.2) is 0 Å². The summed E-state index contributed by atoms with van der Waals surface area (Å²) >= 11 is 0. The van der Waals surface area contributed by atoms with Gasteiger partial charge in [0.05, 0.1) is 19.7 Å². The Labute approximate surface area is 138 Å². The van der Waals surface area contributed by atoms with Crippen LogP contribution in [0.1, 0.15) is 50.1 Å². The topological polar surface area (TPSA) is 46.5 Å². The second kappa shape index (κ2) is 6.65. The van der Waals surface area contributed by atoms with E-state index in [0.29, 0.717) is 5.92 Å². The Hall–Kier alpha value is -1.33. The molecule has 1 N–H and O–H groups in total. The van der Waals surface area contributed by atoms with E-state index in [-0.39, 0.29) is 5.95 Å². The predicted octanol–water partition coefficient (Wildman–Crippen LogP) is 2.62. The quantitative estimate of drug-likeness (QED) is 0.497. The molecule has 5 heteroatoms. The van der Waals surface area contributed by atoms with Crippen LogP contribution >= 0.6 is 0 Å². The normalized spacial score (nSPS) is 27.1. The van der Waals surface area contributed by atoms with Gasteiger partial charge < -0.3 is 14.3 Å². The Balaban J connectivity index is 1.81. The average molecular weight is 322 g/mol. The number of oxazole rings is 1. The van der Waals surface area contributed by atoms with Crippen LogP contribution in [0.4, 0.5) is 0 Å². The maximum Gasteiger partial charge on any atom is 0.359 e. The van der Waals surface area contributed by atoms with Crippen molar-refractivity contribution in [2.75, 3.05) is 33.4 Å². The van der Waals surface area contributed by atoms with Crippen LogP contribution in [0.3, 0.4) is 0 Å². The van der Waals surface area contributed by atoms with Crippen molar-refractivity contribution in [2.45, 2.75) is 52.0 Å². The van der Waals surface area contributed by atoms with Gasteiger partial charge in [-0.05, 0) is 12.8 Å². The summed E-state index contributed by atoms with van der Waals surface area (Å²) in [7, 11) is 1.73. The molecule has 2 aliphatic rings. The molecular formula is C18H30N2O3+2. The number of allylic oxidation sites excluding steroid dienone is 1. The zero-order chi connectivity index (χ0) is 16.4. The summed E-state index contributed by atoms with van der Waals surface area (Å²) in [6.07, 6.45) is 6.83. The fourth-order valence-corrected chi connectivity index (χ4v) is 4.29. The summed E-state index contributed by atoms with van der Waals surface area (Å²) in [5, 5.41) is 10.1. The van der Waals surface area contributed by atoms with E-state index in [9.17, 15) is 5.11 Å². The summed E-state index contributed by atoms with van der Waals surface area (Å²) < 4.78 is 14.3. The molecule has 1 aromatic heterocycles. The van der Waals surface area contributed by atoms with Crippen LogP contribution in [0.2, 0.25) is 0 Å². The molecule has 1 spiro atoms. The van der Waals surface area contributed by atoms with E-state index in [0.717, 1.165) is 61.6 Å². The molecule has 0 radical (unpaired) electrons. The SMILES string of the molecule is CCC1=CC[N+]12CCCC(c1oc(O)c(C)[n+]1CCCOC)C2. The van der Waals surface area contributed by atoms with Gasteiger partial charge in [0.1, 0.15) is 18.2 Å². The van der Waals surface area contributed by atoms with Crippen molar-refractivity contribution in [2.24, 2.45) is 0 Å². The van der Waals surface area contributed by atoms with Gasteiger partial charge in [0.15, 0.2) is 6.54 Å². The molecule has 0 saturated carbocycles. The third kappa shape index (κ3) is 2.92. The lowest BCUT2D eigenvalue weighted by Crippen LogP contribution is -2.58. The van der Waals surface area contributed by atoms with Crippen molar-refractivity contribution >= 4 is 0 Å². The van der Waals surface area contributed by atoms with Gasteiger partial charge in [0, 0.05) is 33.0 Å². The van der Waals surface area contributed by atoms with Crippen molar-refractivity contribution in [1.29, 1.82) is 0 Å². The summed E-state index contributed by atoms with van der Waals surface area (Å²) in [5.74, 6) is 1.42. The van der Waals surface area contributed by atoms with Crippen LogP contribution in [-0.4, -0.2) is 42.9 Å². The zero-order valence-electron chi connectivity index (χ0n) is 14.7. The number of hydrogen-bond donors (Lipinski definition) is 1. The Morgan fingerprint density at radius 1 is 1.48 bits per heavy atom. The van der Waals surface area contributed by atoms with Crippen LogP contribution in [0.5, 0.6) is 5.95 Å². The second-order valence-electron chi connectivity index (χ2n) is 6.95. The van der Waals surface area contributed by atoms with Crippen LogP contribution < -0.4 is 4.57 Å². The molecule has 1 saturated heterocycles. The van der Waals surface area contributed by atoms with Crippen LogP contribution in [0.25, 0.3) is 0 Å². The van der Waals surface area contributed by atoms with E-state index in [4.69, 9.17) is 9.15 Å². The highest BCUT2D eigenvalue weighted by Crippen LogP contribution is 2.39. The van der Waals surface area contributed by atoms with Crippen molar-refractivity contribution < 1.29 is 23.3 Å². The molecule has 1 aromatic rings. The molecule has 5 nitrogen and oxygen atoms in total. The zero-order valence-corrected chi connectivity index (χ0v) is 14.7. The molecule has 0 aromatic carbocycles. The smallest absolute Gasteiger partial charge is 0.359 e. The minimum absolute atomic E-state index is 0.0735. The number of aromatic nitrogens is 1. The molecule has 2 aliphatic heterocycles. The second-order valence-corrected chi connectivity index (χ2v) is 6.95. The number of methoxy groups -OCH3 is 1. The lowest BCUT2D eigenvalue weighted by Gasteiger charge is -2.48. The van der Waals surface area contributed by atoms with Gasteiger partial charge in [-0.2, -0.15) is 4.57 Å². The molecule has 0 bridgehead atoms. The predicted molar refractivity (Wildman–Crippen MR) is 87.0 cm³/mol. The summed E-state index contributed by atoms with van der Waals surface area (Å²) in [6.45, 7) is 9.28. The number of quaternary nitrogens is 1. The largest absolute Gasteiger partial charge is 0.476 e. The lowest BCUT2D eigenvalue weighted by atomic mass is 9.91. The number of rotatable bonds is 6. The fraction of sp³-hybridized carbons (Fsp3) is 0.722. The van der Waals surface area contributed by atoms with E-state index in [1.54, 1.807) is 12.8 Å². The maximum atomic E-state index is 10.1. The van der Waals surface area contributed by atoms with Crippen LogP contribution in [0, 0.1) is 6.92 Å². The van der Waals surface area contributed by atoms with Crippen LogP contribution in [-0.2, 0) is 11.3 Å². The van der Waals surface area contributed by atoms with Gasteiger partial charge in [0.25, 0.3) is 5.69 Å². The van der Waals surface area contributed by atoms with Gasteiger partial charge in [-0.3, -0.25) is 4.48 Å². The Morgan fingerprint density at radius 3 is 2.96 bits per heavy atom. The molecule has 2 atom stereocenters. The fourth-order valence-electron chi connectivity index (χ4n) is 4.29. The number of piperidine rings is 1. The monoisotopic (exact) mass is 322 g/mol. The number of aromatic hydroxyl groups is 1. The van der Waals surface area contributed by atoms with E-state index >= 15 is 0 Å². The average Bonchev–Trinajstić information content (AvgIpc) is 2.83. The van der Waals surface area contributed by atoms with E-state index in [1.165, 1.54) is 13.0 Å². The standard InChI is InChI=1S/C18H29N2O3/c1-4-16-8-11-20(16)10-5-7-15(13-20)17-19(9-6-12-22-3)14(2)18(21)23-17/h8,15H,4-7,9-13H2,1-3H3/q+1/p+1. The van der Waals surface area contributed by atoms with Crippen molar-refractivity contribution in [1.82, 2.24) is 0 Å². The summed E-state index contributed by atoms with van der Waals surface area (Å²) in [5.41, 5.74) is 2.41. The molecule has 0 amide bonds. The Morgan fingerprint density at radius 2 is 2.30 bits per heavy atom. The van der Waals surface area contributed by atoms with E-state index in [1.807, 2.05) is 6.92 Å². The molecule has 0 aliphatic carbocycles. The molecule has 23 heavy (non-hydrogen) atoms. The highest BCUT2D eigenvalue weighted by atomic mass is 16.5. The van der Waals surface area contributed by atoms with Crippen LogP contribution in [0.15, 0.2) is 16.2 Å².